The van der Waals surface area contributed by atoms with Crippen LogP contribution in [0.2, 0.25) is 5.02 Å². The van der Waals surface area contributed by atoms with Crippen molar-refractivity contribution in [2.24, 2.45) is 0 Å². The lowest BCUT2D eigenvalue weighted by atomic mass is 10.0. The molecule has 0 radical (unpaired) electrons. The molecule has 0 fully saturated rings. The van der Waals surface area contributed by atoms with Gasteiger partial charge < -0.3 is 0 Å². The third kappa shape index (κ3) is 2.42. The summed E-state index contributed by atoms with van der Waals surface area (Å²) in [6.07, 6.45) is 0. The van der Waals surface area contributed by atoms with Crippen LogP contribution in [0.3, 0.4) is 0 Å². The minimum Gasteiger partial charge on any atom is -0.245 e. The van der Waals surface area contributed by atoms with Crippen molar-refractivity contribution in [2.75, 3.05) is 0 Å². The van der Waals surface area contributed by atoms with Gasteiger partial charge in [0.15, 0.2) is 0 Å². The van der Waals surface area contributed by atoms with E-state index in [0.717, 1.165) is 26.5 Å². The molecule has 1 nitrogen and oxygen atoms in total. The highest BCUT2D eigenvalue weighted by Crippen LogP contribution is 2.37. The topological polar surface area (TPSA) is 12.9 Å². The summed E-state index contributed by atoms with van der Waals surface area (Å²) in [6.45, 7) is 2.12. The molecule has 0 aliphatic rings. The van der Waals surface area contributed by atoms with Crippen LogP contribution in [0.4, 0.5) is 0 Å². The second-order valence-electron chi connectivity index (χ2n) is 4.34. The van der Waals surface area contributed by atoms with Crippen LogP contribution < -0.4 is 0 Å². The monoisotopic (exact) mass is 351 g/mol. The molecule has 0 N–H and O–H groups in total. The Bertz CT molecular complexity index is 722. The van der Waals surface area contributed by atoms with Crippen molar-refractivity contribution in [3.8, 4) is 11.3 Å². The van der Waals surface area contributed by atoms with E-state index in [0.29, 0.717) is 0 Å². The number of hydrogen-bond acceptors (Lipinski definition) is 2. The Labute approximate surface area is 129 Å². The molecular formula is C15H11BrClNS. The zero-order valence-corrected chi connectivity index (χ0v) is 13.4. The lowest BCUT2D eigenvalue weighted by Gasteiger charge is -2.11. The Morgan fingerprint density at radius 2 is 2.00 bits per heavy atom. The van der Waals surface area contributed by atoms with Gasteiger partial charge in [-0.2, -0.15) is 0 Å². The van der Waals surface area contributed by atoms with Gasteiger partial charge in [-0.15, -0.1) is 11.3 Å². The van der Waals surface area contributed by atoms with Crippen LogP contribution in [0.1, 0.15) is 17.3 Å². The molecule has 19 heavy (non-hydrogen) atoms. The number of rotatable bonds is 2. The molecule has 0 saturated carbocycles. The fraction of sp³-hybridized carbons (Fsp3) is 0.133. The quantitative estimate of drug-likeness (QED) is 0.510. The second kappa shape index (κ2) is 5.23. The van der Waals surface area contributed by atoms with Crippen molar-refractivity contribution < 1.29 is 0 Å². The van der Waals surface area contributed by atoms with E-state index >= 15 is 0 Å². The second-order valence-corrected chi connectivity index (χ2v) is 7.03. The van der Waals surface area contributed by atoms with Gasteiger partial charge in [0, 0.05) is 15.8 Å². The molecule has 1 atom stereocenters. The Balaban J connectivity index is 2.31. The molecule has 2 heterocycles. The van der Waals surface area contributed by atoms with Crippen LogP contribution in [0.25, 0.3) is 21.5 Å². The highest BCUT2D eigenvalue weighted by molar-refractivity contribution is 9.09. The number of thiophene rings is 1. The fourth-order valence-electron chi connectivity index (χ4n) is 2.07. The SMILES string of the molecule is CC(Br)c1cc2scc(Cl)c2nc1-c1ccccc1. The zero-order valence-electron chi connectivity index (χ0n) is 10.2. The summed E-state index contributed by atoms with van der Waals surface area (Å²) in [5, 5.41) is 2.67. The van der Waals surface area contributed by atoms with Crippen molar-refractivity contribution in [1.29, 1.82) is 0 Å². The molecule has 96 valence electrons. The van der Waals surface area contributed by atoms with E-state index in [-0.39, 0.29) is 4.83 Å². The van der Waals surface area contributed by atoms with E-state index in [2.05, 4.69) is 41.1 Å². The third-order valence-electron chi connectivity index (χ3n) is 3.01. The van der Waals surface area contributed by atoms with E-state index in [1.807, 2.05) is 23.6 Å². The first-order valence-electron chi connectivity index (χ1n) is 5.94. The molecule has 4 heteroatoms. The average molecular weight is 353 g/mol. The van der Waals surface area contributed by atoms with E-state index in [9.17, 15) is 0 Å². The van der Waals surface area contributed by atoms with Crippen LogP contribution in [-0.2, 0) is 0 Å². The van der Waals surface area contributed by atoms with Crippen molar-refractivity contribution >= 4 is 49.1 Å². The molecule has 1 unspecified atom stereocenters. The molecule has 0 saturated heterocycles. The van der Waals surface area contributed by atoms with Gasteiger partial charge >= 0.3 is 0 Å². The van der Waals surface area contributed by atoms with Crippen LogP contribution >= 0.6 is 38.9 Å². The van der Waals surface area contributed by atoms with Crippen molar-refractivity contribution in [3.63, 3.8) is 0 Å². The summed E-state index contributed by atoms with van der Waals surface area (Å²) >= 11 is 11.5. The number of halogens is 2. The molecule has 1 aromatic carbocycles. The Morgan fingerprint density at radius 1 is 1.26 bits per heavy atom. The predicted molar refractivity (Wildman–Crippen MR) is 87.4 cm³/mol. The van der Waals surface area contributed by atoms with E-state index in [1.54, 1.807) is 11.3 Å². The van der Waals surface area contributed by atoms with Crippen LogP contribution in [0.15, 0.2) is 41.8 Å². The van der Waals surface area contributed by atoms with Crippen LogP contribution in [0.5, 0.6) is 0 Å². The summed E-state index contributed by atoms with van der Waals surface area (Å²) in [4.78, 5) is 5.03. The number of hydrogen-bond donors (Lipinski definition) is 0. The third-order valence-corrected chi connectivity index (χ3v) is 4.84. The predicted octanol–water partition coefficient (Wildman–Crippen LogP) is 6.07. The number of alkyl halides is 1. The van der Waals surface area contributed by atoms with Gasteiger partial charge in [-0.1, -0.05) is 57.9 Å². The van der Waals surface area contributed by atoms with Crippen LogP contribution in [0, 0.1) is 0 Å². The number of aromatic nitrogens is 1. The van der Waals surface area contributed by atoms with Crippen LogP contribution in [-0.4, -0.2) is 4.98 Å². The highest BCUT2D eigenvalue weighted by Gasteiger charge is 2.15. The van der Waals surface area contributed by atoms with Gasteiger partial charge in [-0.25, -0.2) is 4.98 Å². The maximum Gasteiger partial charge on any atom is 0.100 e. The van der Waals surface area contributed by atoms with Gasteiger partial charge in [0.2, 0.25) is 0 Å². The average Bonchev–Trinajstić information content (AvgIpc) is 2.79. The molecule has 0 aliphatic heterocycles. The van der Waals surface area contributed by atoms with Crippen molar-refractivity contribution in [1.82, 2.24) is 4.98 Å². The zero-order chi connectivity index (χ0) is 13.4. The number of pyridine rings is 1. The molecule has 0 aliphatic carbocycles. The summed E-state index contributed by atoms with van der Waals surface area (Å²) in [6, 6.07) is 12.4. The normalized spacial score (nSPS) is 12.8. The summed E-state index contributed by atoms with van der Waals surface area (Å²) in [7, 11) is 0. The lowest BCUT2D eigenvalue weighted by molar-refractivity contribution is 1.11. The summed E-state index contributed by atoms with van der Waals surface area (Å²) < 4.78 is 1.13. The van der Waals surface area contributed by atoms with Gasteiger partial charge in [0.05, 0.1) is 15.4 Å². The highest BCUT2D eigenvalue weighted by atomic mass is 79.9. The lowest BCUT2D eigenvalue weighted by Crippen LogP contribution is -1.94. The van der Waals surface area contributed by atoms with E-state index < -0.39 is 0 Å². The molecule has 0 bridgehead atoms. The van der Waals surface area contributed by atoms with Crippen molar-refractivity contribution in [3.05, 3.63) is 52.4 Å². The number of benzene rings is 1. The van der Waals surface area contributed by atoms with E-state index in [4.69, 9.17) is 16.6 Å². The van der Waals surface area contributed by atoms with Gasteiger partial charge in [-0.05, 0) is 18.6 Å². The Hall–Kier alpha value is -0.900. The molecule has 0 amide bonds. The molecule has 3 aromatic rings. The Morgan fingerprint density at radius 3 is 2.68 bits per heavy atom. The first-order valence-corrected chi connectivity index (χ1v) is 8.11. The minimum absolute atomic E-state index is 0.250. The van der Waals surface area contributed by atoms with Gasteiger partial charge in [-0.3, -0.25) is 0 Å². The van der Waals surface area contributed by atoms with Gasteiger partial charge in [0.1, 0.15) is 5.52 Å². The fourth-order valence-corrected chi connectivity index (χ4v) is 3.56. The maximum atomic E-state index is 6.20. The standard InChI is InChI=1S/C15H11BrClNS/c1-9(16)11-7-13-15(12(17)8-19-13)18-14(11)10-5-3-2-4-6-10/h2-9H,1H3. The molecule has 2 aromatic heterocycles. The molecule has 0 spiro atoms. The van der Waals surface area contributed by atoms with Crippen molar-refractivity contribution in [2.45, 2.75) is 11.8 Å². The maximum absolute atomic E-state index is 6.20. The van der Waals surface area contributed by atoms with E-state index in [1.165, 1.54) is 5.56 Å². The first kappa shape index (κ1) is 13.1. The summed E-state index contributed by atoms with van der Waals surface area (Å²) in [5.41, 5.74) is 4.20. The summed E-state index contributed by atoms with van der Waals surface area (Å²) in [5.74, 6) is 0. The molecular weight excluding hydrogens is 342 g/mol. The smallest absolute Gasteiger partial charge is 0.100 e. The number of nitrogens with zero attached hydrogens (tertiary/aromatic N) is 1. The Kier molecular flexibility index (Phi) is 3.61. The molecule has 3 rings (SSSR count). The largest absolute Gasteiger partial charge is 0.245 e. The van der Waals surface area contributed by atoms with Gasteiger partial charge in [0.25, 0.3) is 0 Å². The minimum atomic E-state index is 0.250. The first-order chi connectivity index (χ1) is 9.16. The number of fused-ring (bicyclic) bond motifs is 1.